The summed E-state index contributed by atoms with van der Waals surface area (Å²) in [5.74, 6) is 1.39. The van der Waals surface area contributed by atoms with Gasteiger partial charge in [-0.15, -0.1) is 0 Å². The molecule has 1 aromatic rings. The highest BCUT2D eigenvalue weighted by molar-refractivity contribution is 5.97. The minimum atomic E-state index is 0.0534. The standard InChI is InChI=1S/C20H29NO3/c1-14-10-11-18(23-3)20-16(14)8-6-12-21(20)19(22)13-24-17-9-5-4-7-15(17)2/h10-11,15,17H,4-9,12-13H2,1-3H3/t15-,17+/m1/s1. The Morgan fingerprint density at radius 2 is 2.04 bits per heavy atom. The van der Waals surface area contributed by atoms with Gasteiger partial charge in [-0.25, -0.2) is 0 Å². The largest absolute Gasteiger partial charge is 0.495 e. The van der Waals surface area contributed by atoms with Crippen LogP contribution in [-0.4, -0.2) is 32.3 Å². The maximum atomic E-state index is 12.8. The van der Waals surface area contributed by atoms with E-state index in [-0.39, 0.29) is 18.6 Å². The number of methoxy groups -OCH3 is 1. The summed E-state index contributed by atoms with van der Waals surface area (Å²) in [6, 6.07) is 4.04. The second-order valence-corrected chi connectivity index (χ2v) is 7.17. The van der Waals surface area contributed by atoms with Crippen molar-refractivity contribution in [2.75, 3.05) is 25.2 Å². The van der Waals surface area contributed by atoms with Crippen LogP contribution < -0.4 is 9.64 Å². The third-order valence-electron chi connectivity index (χ3n) is 5.53. The predicted molar refractivity (Wildman–Crippen MR) is 95.8 cm³/mol. The number of amides is 1. The van der Waals surface area contributed by atoms with Crippen LogP contribution in [0.1, 0.15) is 50.2 Å². The molecule has 3 rings (SSSR count). The van der Waals surface area contributed by atoms with Gasteiger partial charge >= 0.3 is 0 Å². The molecule has 24 heavy (non-hydrogen) atoms. The number of rotatable bonds is 4. The van der Waals surface area contributed by atoms with Crippen LogP contribution >= 0.6 is 0 Å². The Morgan fingerprint density at radius 3 is 2.79 bits per heavy atom. The molecule has 0 aromatic heterocycles. The minimum Gasteiger partial charge on any atom is -0.495 e. The van der Waals surface area contributed by atoms with Crippen LogP contribution in [0.5, 0.6) is 5.75 Å². The summed E-state index contributed by atoms with van der Waals surface area (Å²) in [6.45, 7) is 5.25. The van der Waals surface area contributed by atoms with Gasteiger partial charge in [0.2, 0.25) is 0 Å². The van der Waals surface area contributed by atoms with E-state index in [1.807, 2.05) is 11.0 Å². The number of anilines is 1. The molecule has 4 nitrogen and oxygen atoms in total. The Balaban J connectivity index is 1.74. The Kier molecular flexibility index (Phi) is 5.44. The van der Waals surface area contributed by atoms with E-state index in [4.69, 9.17) is 9.47 Å². The summed E-state index contributed by atoms with van der Waals surface area (Å²) < 4.78 is 11.5. The van der Waals surface area contributed by atoms with Crippen molar-refractivity contribution in [1.82, 2.24) is 0 Å². The predicted octanol–water partition coefficient (Wildman–Crippen LogP) is 3.88. The fourth-order valence-electron chi connectivity index (χ4n) is 4.05. The van der Waals surface area contributed by atoms with E-state index < -0.39 is 0 Å². The van der Waals surface area contributed by atoms with Crippen molar-refractivity contribution in [1.29, 1.82) is 0 Å². The van der Waals surface area contributed by atoms with Crippen LogP contribution in [0.4, 0.5) is 5.69 Å². The maximum Gasteiger partial charge on any atom is 0.253 e. The first kappa shape index (κ1) is 17.3. The SMILES string of the molecule is COc1ccc(C)c2c1N(C(=O)CO[C@H]1CCCC[C@H]1C)CCC2. The van der Waals surface area contributed by atoms with Gasteiger partial charge in [0.1, 0.15) is 12.4 Å². The smallest absolute Gasteiger partial charge is 0.253 e. The molecule has 0 bridgehead atoms. The molecule has 0 unspecified atom stereocenters. The number of carbonyl (C=O) groups excluding carboxylic acids is 1. The van der Waals surface area contributed by atoms with E-state index in [2.05, 4.69) is 19.9 Å². The fraction of sp³-hybridized carbons (Fsp3) is 0.650. The highest BCUT2D eigenvalue weighted by atomic mass is 16.5. The first-order valence-corrected chi connectivity index (χ1v) is 9.20. The third-order valence-corrected chi connectivity index (χ3v) is 5.53. The number of benzene rings is 1. The lowest BCUT2D eigenvalue weighted by Crippen LogP contribution is -2.40. The van der Waals surface area contributed by atoms with Gasteiger partial charge in [-0.2, -0.15) is 0 Å². The van der Waals surface area contributed by atoms with Gasteiger partial charge in [-0.3, -0.25) is 4.79 Å². The molecule has 0 spiro atoms. The second kappa shape index (κ2) is 7.56. The van der Waals surface area contributed by atoms with Crippen LogP contribution in [0.25, 0.3) is 0 Å². The molecule has 0 saturated heterocycles. The molecule has 4 heteroatoms. The number of aryl methyl sites for hydroxylation is 1. The van der Waals surface area contributed by atoms with Crippen molar-refractivity contribution < 1.29 is 14.3 Å². The van der Waals surface area contributed by atoms with Crippen LogP contribution in [0.2, 0.25) is 0 Å². The number of nitrogens with zero attached hydrogens (tertiary/aromatic N) is 1. The Morgan fingerprint density at radius 1 is 1.25 bits per heavy atom. The van der Waals surface area contributed by atoms with Gasteiger partial charge in [0.15, 0.2) is 0 Å². The summed E-state index contributed by atoms with van der Waals surface area (Å²) in [6.07, 6.45) is 7.00. The summed E-state index contributed by atoms with van der Waals surface area (Å²) in [5, 5.41) is 0. The lowest BCUT2D eigenvalue weighted by atomic mass is 9.88. The average molecular weight is 331 g/mol. The van der Waals surface area contributed by atoms with Crippen molar-refractivity contribution in [3.63, 3.8) is 0 Å². The van der Waals surface area contributed by atoms with Crippen molar-refractivity contribution in [3.8, 4) is 5.75 Å². The van der Waals surface area contributed by atoms with Crippen molar-refractivity contribution in [3.05, 3.63) is 23.3 Å². The highest BCUT2D eigenvalue weighted by Crippen LogP contribution is 2.38. The Bertz CT molecular complexity index is 599. The van der Waals surface area contributed by atoms with E-state index in [0.29, 0.717) is 5.92 Å². The fourth-order valence-corrected chi connectivity index (χ4v) is 4.05. The van der Waals surface area contributed by atoms with Gasteiger partial charge in [0, 0.05) is 6.54 Å². The molecule has 1 amide bonds. The molecular formula is C20H29NO3. The van der Waals surface area contributed by atoms with E-state index in [0.717, 1.165) is 37.2 Å². The first-order valence-electron chi connectivity index (χ1n) is 9.20. The van der Waals surface area contributed by atoms with E-state index in [9.17, 15) is 4.79 Å². The van der Waals surface area contributed by atoms with Crippen molar-refractivity contribution in [2.24, 2.45) is 5.92 Å². The summed E-state index contributed by atoms with van der Waals surface area (Å²) in [7, 11) is 1.67. The van der Waals surface area contributed by atoms with E-state index in [1.54, 1.807) is 7.11 Å². The molecule has 2 atom stereocenters. The van der Waals surface area contributed by atoms with Crippen molar-refractivity contribution in [2.45, 2.75) is 58.5 Å². The van der Waals surface area contributed by atoms with Gasteiger partial charge < -0.3 is 14.4 Å². The van der Waals surface area contributed by atoms with Crippen LogP contribution in [0, 0.1) is 12.8 Å². The second-order valence-electron chi connectivity index (χ2n) is 7.17. The number of fused-ring (bicyclic) bond motifs is 1. The Labute approximate surface area is 145 Å². The average Bonchev–Trinajstić information content (AvgIpc) is 2.61. The van der Waals surface area contributed by atoms with Gasteiger partial charge in [0.25, 0.3) is 5.91 Å². The van der Waals surface area contributed by atoms with Gasteiger partial charge in [0.05, 0.1) is 18.9 Å². The summed E-state index contributed by atoms with van der Waals surface area (Å²) in [4.78, 5) is 14.7. The zero-order valence-corrected chi connectivity index (χ0v) is 15.1. The van der Waals surface area contributed by atoms with E-state index in [1.165, 1.54) is 30.4 Å². The lowest BCUT2D eigenvalue weighted by Gasteiger charge is -2.33. The monoisotopic (exact) mass is 331 g/mol. The van der Waals surface area contributed by atoms with Crippen molar-refractivity contribution >= 4 is 11.6 Å². The third kappa shape index (κ3) is 3.44. The van der Waals surface area contributed by atoms with Crippen LogP contribution in [0.3, 0.4) is 0 Å². The molecule has 2 aliphatic rings. The number of ether oxygens (including phenoxy) is 2. The van der Waals surface area contributed by atoms with Gasteiger partial charge in [-0.05, 0) is 55.7 Å². The number of hydrogen-bond acceptors (Lipinski definition) is 3. The maximum absolute atomic E-state index is 12.8. The van der Waals surface area contributed by atoms with E-state index >= 15 is 0 Å². The quantitative estimate of drug-likeness (QED) is 0.840. The lowest BCUT2D eigenvalue weighted by molar-refractivity contribution is -0.127. The molecule has 1 aliphatic carbocycles. The highest BCUT2D eigenvalue weighted by Gasteiger charge is 2.29. The minimum absolute atomic E-state index is 0.0534. The summed E-state index contributed by atoms with van der Waals surface area (Å²) >= 11 is 0. The molecule has 1 aromatic carbocycles. The molecular weight excluding hydrogens is 302 g/mol. The Hall–Kier alpha value is -1.55. The summed E-state index contributed by atoms with van der Waals surface area (Å²) in [5.41, 5.74) is 3.42. The molecule has 1 fully saturated rings. The molecule has 1 saturated carbocycles. The van der Waals surface area contributed by atoms with Crippen LogP contribution in [-0.2, 0) is 16.0 Å². The molecule has 1 heterocycles. The number of carbonyl (C=O) groups is 1. The zero-order chi connectivity index (χ0) is 17.1. The topological polar surface area (TPSA) is 38.8 Å². The molecule has 0 radical (unpaired) electrons. The molecule has 0 N–H and O–H groups in total. The number of hydrogen-bond donors (Lipinski definition) is 0. The zero-order valence-electron chi connectivity index (χ0n) is 15.1. The van der Waals surface area contributed by atoms with Gasteiger partial charge in [-0.1, -0.05) is 25.8 Å². The van der Waals surface area contributed by atoms with Crippen LogP contribution in [0.15, 0.2) is 12.1 Å². The normalized spacial score (nSPS) is 23.7. The molecule has 1 aliphatic heterocycles. The molecule has 132 valence electrons. The first-order chi connectivity index (χ1) is 11.6.